The van der Waals surface area contributed by atoms with Crippen molar-refractivity contribution in [2.75, 3.05) is 26.2 Å². The average Bonchev–Trinajstić information content (AvgIpc) is 3.23. The van der Waals surface area contributed by atoms with Gasteiger partial charge in [-0.1, -0.05) is 20.3 Å². The Kier molecular flexibility index (Phi) is 4.99. The molecular weight excluding hydrogens is 304 g/mol. The van der Waals surface area contributed by atoms with E-state index in [1.807, 2.05) is 35.0 Å². The number of nitrogens with zero attached hydrogens (tertiary/aromatic N) is 5. The highest BCUT2D eigenvalue weighted by atomic mass is 16.2. The molecule has 7 nitrogen and oxygen atoms in total. The smallest absolute Gasteiger partial charge is 0.274 e. The third kappa shape index (κ3) is 3.21. The van der Waals surface area contributed by atoms with Gasteiger partial charge >= 0.3 is 0 Å². The fourth-order valence-corrected chi connectivity index (χ4v) is 3.36. The maximum absolute atomic E-state index is 12.8. The van der Waals surface area contributed by atoms with Crippen molar-refractivity contribution in [1.82, 2.24) is 29.5 Å². The maximum atomic E-state index is 12.8. The van der Waals surface area contributed by atoms with Crippen LogP contribution in [0.15, 0.2) is 18.5 Å². The number of hydrogen-bond donors (Lipinski definition) is 1. The van der Waals surface area contributed by atoms with Crippen LogP contribution in [0.1, 0.15) is 48.3 Å². The van der Waals surface area contributed by atoms with Crippen molar-refractivity contribution in [2.24, 2.45) is 7.05 Å². The van der Waals surface area contributed by atoms with Gasteiger partial charge in [-0.05, 0) is 19.0 Å². The van der Waals surface area contributed by atoms with E-state index in [0.29, 0.717) is 12.2 Å². The molecule has 24 heavy (non-hydrogen) atoms. The minimum absolute atomic E-state index is 0.00330. The molecule has 1 fully saturated rings. The summed E-state index contributed by atoms with van der Waals surface area (Å²) in [7, 11) is 2.00. The molecule has 0 radical (unpaired) electrons. The van der Waals surface area contributed by atoms with E-state index in [1.54, 1.807) is 0 Å². The second kappa shape index (κ2) is 7.17. The van der Waals surface area contributed by atoms with Gasteiger partial charge in [-0.25, -0.2) is 4.98 Å². The second-order valence-electron chi connectivity index (χ2n) is 6.32. The van der Waals surface area contributed by atoms with Gasteiger partial charge in [0.2, 0.25) is 0 Å². The summed E-state index contributed by atoms with van der Waals surface area (Å²) in [5, 5.41) is 7.17. The van der Waals surface area contributed by atoms with Crippen LogP contribution in [0.2, 0.25) is 0 Å². The second-order valence-corrected chi connectivity index (χ2v) is 6.32. The summed E-state index contributed by atoms with van der Waals surface area (Å²) >= 11 is 0. The molecule has 3 rings (SSSR count). The molecule has 1 N–H and O–H groups in total. The number of likely N-dealkylation sites (N-methyl/N-ethyl adjacent to an activating group) is 1. The molecule has 1 unspecified atom stereocenters. The van der Waals surface area contributed by atoms with Crippen molar-refractivity contribution in [3.63, 3.8) is 0 Å². The van der Waals surface area contributed by atoms with Gasteiger partial charge in [0.25, 0.3) is 5.91 Å². The summed E-state index contributed by atoms with van der Waals surface area (Å²) in [6.07, 6.45) is 5.72. The lowest BCUT2D eigenvalue weighted by Crippen LogP contribution is -2.51. The van der Waals surface area contributed by atoms with Gasteiger partial charge < -0.3 is 9.47 Å². The predicted octanol–water partition coefficient (Wildman–Crippen LogP) is 1.61. The number of imidazole rings is 1. The number of aryl methyl sites for hydroxylation is 2. The number of hydrogen-bond acceptors (Lipinski definition) is 4. The summed E-state index contributed by atoms with van der Waals surface area (Å²) in [5.41, 5.74) is 1.54. The third-order valence-corrected chi connectivity index (χ3v) is 4.71. The number of aromatic nitrogens is 4. The molecule has 2 aromatic heterocycles. The van der Waals surface area contributed by atoms with Crippen LogP contribution in [0, 0.1) is 0 Å². The summed E-state index contributed by atoms with van der Waals surface area (Å²) < 4.78 is 2.04. The van der Waals surface area contributed by atoms with E-state index in [4.69, 9.17) is 0 Å². The highest BCUT2D eigenvalue weighted by Crippen LogP contribution is 2.24. The van der Waals surface area contributed by atoms with Gasteiger partial charge in [0.1, 0.15) is 11.5 Å². The van der Waals surface area contributed by atoms with Gasteiger partial charge in [-0.2, -0.15) is 5.10 Å². The monoisotopic (exact) mass is 330 g/mol. The van der Waals surface area contributed by atoms with Crippen molar-refractivity contribution in [2.45, 2.75) is 32.7 Å². The number of rotatable bonds is 5. The van der Waals surface area contributed by atoms with Gasteiger partial charge in [-0.15, -0.1) is 0 Å². The van der Waals surface area contributed by atoms with E-state index < -0.39 is 0 Å². The van der Waals surface area contributed by atoms with Crippen LogP contribution in [0.4, 0.5) is 0 Å². The Bertz CT molecular complexity index is 691. The molecule has 0 bridgehead atoms. The molecule has 0 spiro atoms. The zero-order valence-corrected chi connectivity index (χ0v) is 14.7. The van der Waals surface area contributed by atoms with Gasteiger partial charge in [-0.3, -0.25) is 14.8 Å². The van der Waals surface area contributed by atoms with Crippen molar-refractivity contribution in [1.29, 1.82) is 0 Å². The van der Waals surface area contributed by atoms with Gasteiger partial charge in [0.15, 0.2) is 0 Å². The van der Waals surface area contributed by atoms with Crippen LogP contribution in [0.3, 0.4) is 0 Å². The van der Waals surface area contributed by atoms with Crippen LogP contribution in [-0.2, 0) is 13.5 Å². The highest BCUT2D eigenvalue weighted by Gasteiger charge is 2.32. The Morgan fingerprint density at radius 2 is 2.21 bits per heavy atom. The Morgan fingerprint density at radius 1 is 1.38 bits per heavy atom. The molecule has 130 valence electrons. The molecule has 7 heteroatoms. The molecule has 1 amide bonds. The lowest BCUT2D eigenvalue weighted by molar-refractivity contribution is 0.0467. The Labute approximate surface area is 142 Å². The number of aromatic amines is 1. The van der Waals surface area contributed by atoms with Crippen LogP contribution in [0.25, 0.3) is 0 Å². The van der Waals surface area contributed by atoms with E-state index >= 15 is 0 Å². The van der Waals surface area contributed by atoms with Crippen molar-refractivity contribution >= 4 is 5.91 Å². The Morgan fingerprint density at radius 3 is 2.88 bits per heavy atom. The minimum Gasteiger partial charge on any atom is -0.337 e. The first-order chi connectivity index (χ1) is 11.6. The molecule has 1 aliphatic rings. The molecule has 0 aliphatic carbocycles. The number of H-pyrrole nitrogens is 1. The number of carbonyl (C=O) groups is 1. The van der Waals surface area contributed by atoms with Gasteiger partial charge in [0, 0.05) is 44.8 Å². The fraction of sp³-hybridized carbons (Fsp3) is 0.588. The average molecular weight is 330 g/mol. The zero-order valence-electron chi connectivity index (χ0n) is 14.7. The molecule has 3 heterocycles. The highest BCUT2D eigenvalue weighted by molar-refractivity contribution is 5.92. The standard InChI is InChI=1S/C17H26N6O/c1-4-6-13-11-14(20-19-13)17(24)23-10-9-22(5-2)15(12-23)16-18-7-8-21(16)3/h7-8,11,15H,4-6,9-10,12H2,1-3H3,(H,19,20). The maximum Gasteiger partial charge on any atom is 0.274 e. The summed E-state index contributed by atoms with van der Waals surface area (Å²) in [5.74, 6) is 1.01. The lowest BCUT2D eigenvalue weighted by atomic mass is 10.1. The largest absolute Gasteiger partial charge is 0.337 e. The zero-order chi connectivity index (χ0) is 17.1. The quantitative estimate of drug-likeness (QED) is 0.904. The minimum atomic E-state index is 0.00330. The molecule has 1 saturated heterocycles. The number of carbonyl (C=O) groups excluding carboxylic acids is 1. The topological polar surface area (TPSA) is 70.1 Å². The summed E-state index contributed by atoms with van der Waals surface area (Å²) in [6, 6.07) is 2.01. The van der Waals surface area contributed by atoms with Crippen LogP contribution >= 0.6 is 0 Å². The van der Waals surface area contributed by atoms with Gasteiger partial charge in [0.05, 0.1) is 6.04 Å². The van der Waals surface area contributed by atoms with E-state index in [2.05, 4.69) is 33.9 Å². The van der Waals surface area contributed by atoms with Crippen molar-refractivity contribution in [3.05, 3.63) is 35.7 Å². The fourth-order valence-electron chi connectivity index (χ4n) is 3.36. The summed E-state index contributed by atoms with van der Waals surface area (Å²) in [6.45, 7) is 7.44. The molecular formula is C17H26N6O. The molecule has 0 aromatic carbocycles. The molecule has 2 aromatic rings. The number of nitrogens with one attached hydrogen (secondary N) is 1. The number of amides is 1. The molecule has 1 atom stereocenters. The van der Waals surface area contributed by atoms with Crippen LogP contribution < -0.4 is 0 Å². The normalized spacial score (nSPS) is 19.0. The lowest BCUT2D eigenvalue weighted by Gasteiger charge is -2.40. The Balaban J connectivity index is 1.76. The molecule has 1 aliphatic heterocycles. The van der Waals surface area contributed by atoms with E-state index in [9.17, 15) is 4.79 Å². The van der Waals surface area contributed by atoms with E-state index in [0.717, 1.165) is 44.0 Å². The van der Waals surface area contributed by atoms with Crippen molar-refractivity contribution < 1.29 is 4.79 Å². The van der Waals surface area contributed by atoms with Crippen LogP contribution in [0.5, 0.6) is 0 Å². The Hall–Kier alpha value is -2.15. The first-order valence-electron chi connectivity index (χ1n) is 8.68. The third-order valence-electron chi connectivity index (χ3n) is 4.71. The first kappa shape index (κ1) is 16.7. The van der Waals surface area contributed by atoms with Crippen LogP contribution in [-0.4, -0.2) is 61.6 Å². The van der Waals surface area contributed by atoms with E-state index in [1.165, 1.54) is 0 Å². The van der Waals surface area contributed by atoms with Crippen molar-refractivity contribution in [3.8, 4) is 0 Å². The number of piperazine rings is 1. The molecule has 0 saturated carbocycles. The first-order valence-corrected chi connectivity index (χ1v) is 8.68. The van der Waals surface area contributed by atoms with E-state index in [-0.39, 0.29) is 11.9 Å². The summed E-state index contributed by atoms with van der Waals surface area (Å²) in [4.78, 5) is 21.6. The predicted molar refractivity (Wildman–Crippen MR) is 91.7 cm³/mol. The SMILES string of the molecule is CCCc1cc(C(=O)N2CCN(CC)C(c3nccn3C)C2)n[nH]1.